The summed E-state index contributed by atoms with van der Waals surface area (Å²) in [6.45, 7) is 0. The maximum Gasteiger partial charge on any atom is 0.310 e. The van der Waals surface area contributed by atoms with Crippen molar-refractivity contribution in [1.29, 1.82) is 0 Å². The molecule has 0 saturated carbocycles. The van der Waals surface area contributed by atoms with Crippen molar-refractivity contribution < 1.29 is 9.90 Å². The van der Waals surface area contributed by atoms with Gasteiger partial charge in [0.15, 0.2) is 11.5 Å². The molecule has 0 fully saturated rings. The Morgan fingerprint density at radius 1 is 1.39 bits per heavy atom. The first-order valence-electron chi connectivity index (χ1n) is 5.51. The van der Waals surface area contributed by atoms with Crippen LogP contribution in [0.5, 0.6) is 0 Å². The highest BCUT2D eigenvalue weighted by molar-refractivity contribution is 5.81. The molecule has 1 aliphatic rings. The molecule has 2 atom stereocenters. The summed E-state index contributed by atoms with van der Waals surface area (Å²) in [5, 5.41) is 8.96. The Morgan fingerprint density at radius 3 is 2.94 bits per heavy atom. The van der Waals surface area contributed by atoms with E-state index in [9.17, 15) is 4.79 Å². The van der Waals surface area contributed by atoms with Crippen LogP contribution in [0.4, 0.5) is 5.82 Å². The van der Waals surface area contributed by atoms with Crippen molar-refractivity contribution >= 4 is 23.0 Å². The lowest BCUT2D eigenvalue weighted by Gasteiger charge is -2.11. The molecule has 0 amide bonds. The third-order valence-electron chi connectivity index (χ3n) is 3.12. The second-order valence-corrected chi connectivity index (χ2v) is 4.22. The molecule has 7 heteroatoms. The second kappa shape index (κ2) is 3.80. The van der Waals surface area contributed by atoms with Crippen molar-refractivity contribution in [2.24, 2.45) is 5.92 Å². The van der Waals surface area contributed by atoms with Crippen LogP contribution in [0.1, 0.15) is 12.5 Å². The molecule has 2 heterocycles. The van der Waals surface area contributed by atoms with Gasteiger partial charge in [-0.05, 0) is 6.42 Å². The number of nitrogens with two attached hydrogens (primary N) is 1. The largest absolute Gasteiger partial charge is 0.481 e. The summed E-state index contributed by atoms with van der Waals surface area (Å²) < 4.78 is 1.83. The number of allylic oxidation sites excluding steroid dienone is 1. The Labute approximate surface area is 102 Å². The van der Waals surface area contributed by atoms with Gasteiger partial charge in [0.05, 0.1) is 18.3 Å². The molecule has 2 aromatic heterocycles. The van der Waals surface area contributed by atoms with E-state index in [1.54, 1.807) is 12.4 Å². The summed E-state index contributed by atoms with van der Waals surface area (Å²) in [6.07, 6.45) is 7.06. The predicted molar refractivity (Wildman–Crippen MR) is 63.7 cm³/mol. The van der Waals surface area contributed by atoms with Crippen molar-refractivity contribution in [3.05, 3.63) is 24.8 Å². The van der Waals surface area contributed by atoms with Gasteiger partial charge in [-0.15, -0.1) is 0 Å². The Bertz CT molecular complexity index is 648. The van der Waals surface area contributed by atoms with Crippen LogP contribution < -0.4 is 5.73 Å². The van der Waals surface area contributed by atoms with Crippen molar-refractivity contribution in [2.75, 3.05) is 5.73 Å². The number of rotatable bonds is 2. The molecular weight excluding hydrogens is 234 g/mol. The van der Waals surface area contributed by atoms with Gasteiger partial charge in [0.1, 0.15) is 11.8 Å². The molecule has 3 N–H and O–H groups in total. The summed E-state index contributed by atoms with van der Waals surface area (Å²) in [4.78, 5) is 23.1. The molecule has 0 saturated heterocycles. The molecule has 1 aliphatic carbocycles. The van der Waals surface area contributed by atoms with Crippen LogP contribution in [-0.4, -0.2) is 30.6 Å². The van der Waals surface area contributed by atoms with Gasteiger partial charge in [-0.2, -0.15) is 0 Å². The normalized spacial score (nSPS) is 22.7. The smallest absolute Gasteiger partial charge is 0.310 e. The molecule has 0 spiro atoms. The lowest BCUT2D eigenvalue weighted by Crippen LogP contribution is -2.12. The maximum atomic E-state index is 10.9. The molecule has 18 heavy (non-hydrogen) atoms. The van der Waals surface area contributed by atoms with E-state index in [0.717, 1.165) is 0 Å². The minimum absolute atomic E-state index is 0.0506. The van der Waals surface area contributed by atoms with Crippen LogP contribution in [0, 0.1) is 5.92 Å². The third-order valence-corrected chi connectivity index (χ3v) is 3.12. The number of nitrogens with zero attached hydrogens (tertiary/aromatic N) is 4. The lowest BCUT2D eigenvalue weighted by molar-refractivity contribution is -0.140. The number of aromatic nitrogens is 4. The first-order chi connectivity index (χ1) is 8.66. The number of carboxylic acids is 1. The molecule has 0 aliphatic heterocycles. The average molecular weight is 245 g/mol. The number of hydrogen-bond acceptors (Lipinski definition) is 5. The minimum Gasteiger partial charge on any atom is -0.481 e. The van der Waals surface area contributed by atoms with Crippen molar-refractivity contribution in [3.63, 3.8) is 0 Å². The maximum absolute atomic E-state index is 10.9. The molecule has 92 valence electrons. The van der Waals surface area contributed by atoms with Crippen LogP contribution in [0.2, 0.25) is 0 Å². The van der Waals surface area contributed by atoms with Gasteiger partial charge in [0, 0.05) is 0 Å². The van der Waals surface area contributed by atoms with Crippen LogP contribution >= 0.6 is 0 Å². The van der Waals surface area contributed by atoms with E-state index in [1.165, 1.54) is 6.33 Å². The Balaban J connectivity index is 2.00. The number of hydrogen-bond donors (Lipinski definition) is 2. The van der Waals surface area contributed by atoms with Gasteiger partial charge in [0.2, 0.25) is 0 Å². The third kappa shape index (κ3) is 1.52. The van der Waals surface area contributed by atoms with E-state index in [-0.39, 0.29) is 6.04 Å². The number of nitrogen functional groups attached to an aromatic ring is 1. The SMILES string of the molecule is Nc1ncnc2c1ncn2[C@@H]1C=C[C@H](C(=O)O)C1. The first kappa shape index (κ1) is 10.7. The molecule has 2 aromatic rings. The summed E-state index contributed by atoms with van der Waals surface area (Å²) in [7, 11) is 0. The van der Waals surface area contributed by atoms with E-state index >= 15 is 0 Å². The van der Waals surface area contributed by atoms with E-state index in [0.29, 0.717) is 23.4 Å². The number of carboxylic acid groups (broad SMARTS) is 1. The first-order valence-corrected chi connectivity index (χ1v) is 5.51. The summed E-state index contributed by atoms with van der Waals surface area (Å²) in [5.41, 5.74) is 6.88. The van der Waals surface area contributed by atoms with Gasteiger partial charge in [-0.25, -0.2) is 15.0 Å². The minimum atomic E-state index is -0.813. The number of aliphatic carboxylic acids is 1. The van der Waals surface area contributed by atoms with Crippen LogP contribution in [0.15, 0.2) is 24.8 Å². The van der Waals surface area contributed by atoms with Gasteiger partial charge in [-0.1, -0.05) is 12.2 Å². The molecular formula is C11H11N5O2. The van der Waals surface area contributed by atoms with Crippen LogP contribution in [0.25, 0.3) is 11.2 Å². The molecule has 7 nitrogen and oxygen atoms in total. The lowest BCUT2D eigenvalue weighted by atomic mass is 10.1. The molecule has 3 rings (SSSR count). The average Bonchev–Trinajstić information content (AvgIpc) is 2.94. The van der Waals surface area contributed by atoms with E-state index in [1.807, 2.05) is 10.6 Å². The highest BCUT2D eigenvalue weighted by Gasteiger charge is 2.26. The molecule has 0 aromatic carbocycles. The zero-order valence-corrected chi connectivity index (χ0v) is 9.39. The van der Waals surface area contributed by atoms with E-state index in [4.69, 9.17) is 10.8 Å². The highest BCUT2D eigenvalue weighted by Crippen LogP contribution is 2.30. The van der Waals surface area contributed by atoms with E-state index in [2.05, 4.69) is 15.0 Å². The summed E-state index contributed by atoms with van der Waals surface area (Å²) in [6, 6.07) is -0.0506. The topological polar surface area (TPSA) is 107 Å². The van der Waals surface area contributed by atoms with Crippen LogP contribution in [-0.2, 0) is 4.79 Å². The van der Waals surface area contributed by atoms with Gasteiger partial charge >= 0.3 is 5.97 Å². The van der Waals surface area contributed by atoms with Crippen molar-refractivity contribution in [2.45, 2.75) is 12.5 Å². The summed E-state index contributed by atoms with van der Waals surface area (Å²) >= 11 is 0. The van der Waals surface area contributed by atoms with Crippen LogP contribution in [0.3, 0.4) is 0 Å². The second-order valence-electron chi connectivity index (χ2n) is 4.22. The standard InChI is InChI=1S/C11H11N5O2/c12-9-8-10(14-4-13-9)16(5-15-8)7-2-1-6(3-7)11(17)18/h1-2,4-7H,3H2,(H,17,18)(H2,12,13,14)/t6-,7+/m0/s1. The number of carbonyl (C=O) groups is 1. The quantitative estimate of drug-likeness (QED) is 0.750. The fourth-order valence-corrected chi connectivity index (χ4v) is 2.18. The predicted octanol–water partition coefficient (Wildman–Crippen LogP) is 0.610. The monoisotopic (exact) mass is 245 g/mol. The van der Waals surface area contributed by atoms with Gasteiger partial charge in [0.25, 0.3) is 0 Å². The zero-order valence-electron chi connectivity index (χ0n) is 9.39. The number of anilines is 1. The summed E-state index contributed by atoms with van der Waals surface area (Å²) in [5.74, 6) is -0.936. The molecule has 0 bridgehead atoms. The highest BCUT2D eigenvalue weighted by atomic mass is 16.4. The van der Waals surface area contributed by atoms with E-state index < -0.39 is 11.9 Å². The fraction of sp³-hybridized carbons (Fsp3) is 0.273. The molecule has 0 radical (unpaired) electrons. The molecule has 0 unspecified atom stereocenters. The Kier molecular flexibility index (Phi) is 2.26. The zero-order chi connectivity index (χ0) is 12.7. The van der Waals surface area contributed by atoms with Gasteiger partial charge < -0.3 is 15.4 Å². The fourth-order valence-electron chi connectivity index (χ4n) is 2.18. The van der Waals surface area contributed by atoms with Crippen molar-refractivity contribution in [1.82, 2.24) is 19.5 Å². The van der Waals surface area contributed by atoms with Gasteiger partial charge in [-0.3, -0.25) is 4.79 Å². The number of imidazole rings is 1. The Morgan fingerprint density at radius 2 is 2.22 bits per heavy atom. The Hall–Kier alpha value is -2.44. The number of fused-ring (bicyclic) bond motifs is 1. The van der Waals surface area contributed by atoms with Crippen molar-refractivity contribution in [3.8, 4) is 0 Å².